The zero-order chi connectivity index (χ0) is 10.7. The molecule has 0 fully saturated rings. The Morgan fingerprint density at radius 3 is 2.50 bits per heavy atom. The maximum Gasteiger partial charge on any atom is 0.325 e. The van der Waals surface area contributed by atoms with Crippen molar-refractivity contribution in [2.24, 2.45) is 5.73 Å². The highest BCUT2D eigenvalue weighted by Crippen LogP contribution is 2.00. The maximum atomic E-state index is 11.4. The van der Waals surface area contributed by atoms with Gasteiger partial charge in [0.05, 0.1) is 0 Å². The van der Waals surface area contributed by atoms with Gasteiger partial charge in [-0.3, -0.25) is 9.78 Å². The Morgan fingerprint density at radius 2 is 2.00 bits per heavy atom. The molecular formula is C9H15N3O2. The van der Waals surface area contributed by atoms with Gasteiger partial charge in [0.25, 0.3) is 5.56 Å². The molecule has 5 heteroatoms. The van der Waals surface area contributed by atoms with Gasteiger partial charge in [-0.2, -0.15) is 0 Å². The van der Waals surface area contributed by atoms with Gasteiger partial charge in [0.1, 0.15) is 0 Å². The molecule has 0 spiro atoms. The SMILES string of the molecule is Cc1[nH]c(=O)[nH]c(=O)c1CCC(C)N. The van der Waals surface area contributed by atoms with Crippen LogP contribution in [0, 0.1) is 6.92 Å². The zero-order valence-corrected chi connectivity index (χ0v) is 8.39. The first-order chi connectivity index (χ1) is 6.50. The van der Waals surface area contributed by atoms with E-state index in [1.54, 1.807) is 6.92 Å². The molecule has 1 aromatic heterocycles. The quantitative estimate of drug-likeness (QED) is 0.618. The summed E-state index contributed by atoms with van der Waals surface area (Å²) in [6.07, 6.45) is 1.32. The van der Waals surface area contributed by atoms with Crippen LogP contribution in [0.2, 0.25) is 0 Å². The van der Waals surface area contributed by atoms with E-state index in [4.69, 9.17) is 5.73 Å². The molecule has 5 nitrogen and oxygen atoms in total. The minimum Gasteiger partial charge on any atom is -0.328 e. The normalized spacial score (nSPS) is 12.8. The lowest BCUT2D eigenvalue weighted by Gasteiger charge is -2.05. The second-order valence-corrected chi connectivity index (χ2v) is 3.53. The van der Waals surface area contributed by atoms with Crippen molar-refractivity contribution in [3.8, 4) is 0 Å². The van der Waals surface area contributed by atoms with E-state index in [-0.39, 0.29) is 11.6 Å². The van der Waals surface area contributed by atoms with Crippen LogP contribution in [-0.4, -0.2) is 16.0 Å². The first-order valence-corrected chi connectivity index (χ1v) is 4.58. The van der Waals surface area contributed by atoms with Gasteiger partial charge in [-0.1, -0.05) is 0 Å². The third kappa shape index (κ3) is 2.56. The number of aromatic amines is 2. The molecule has 1 unspecified atom stereocenters. The van der Waals surface area contributed by atoms with Gasteiger partial charge in [0.15, 0.2) is 0 Å². The average Bonchev–Trinajstić information content (AvgIpc) is 2.01. The third-order valence-corrected chi connectivity index (χ3v) is 2.10. The molecule has 1 heterocycles. The molecule has 0 bridgehead atoms. The van der Waals surface area contributed by atoms with Gasteiger partial charge >= 0.3 is 5.69 Å². The Morgan fingerprint density at radius 1 is 1.36 bits per heavy atom. The van der Waals surface area contributed by atoms with E-state index in [0.29, 0.717) is 17.7 Å². The van der Waals surface area contributed by atoms with Crippen LogP contribution in [0.4, 0.5) is 0 Å². The predicted octanol–water partition coefficient (Wildman–Crippen LogP) is -0.349. The van der Waals surface area contributed by atoms with E-state index < -0.39 is 5.69 Å². The number of nitrogens with two attached hydrogens (primary N) is 1. The number of hydrogen-bond acceptors (Lipinski definition) is 3. The summed E-state index contributed by atoms with van der Waals surface area (Å²) >= 11 is 0. The molecule has 0 aliphatic rings. The van der Waals surface area contributed by atoms with E-state index in [2.05, 4.69) is 9.97 Å². The summed E-state index contributed by atoms with van der Waals surface area (Å²) in [7, 11) is 0. The van der Waals surface area contributed by atoms with Crippen molar-refractivity contribution < 1.29 is 0 Å². The molecule has 0 amide bonds. The predicted molar refractivity (Wildman–Crippen MR) is 54.4 cm³/mol. The minimum atomic E-state index is -0.461. The zero-order valence-electron chi connectivity index (χ0n) is 8.39. The van der Waals surface area contributed by atoms with E-state index in [1.165, 1.54) is 0 Å². The number of nitrogens with one attached hydrogen (secondary N) is 2. The Bertz CT molecular complexity index is 417. The lowest BCUT2D eigenvalue weighted by atomic mass is 10.1. The van der Waals surface area contributed by atoms with E-state index >= 15 is 0 Å². The van der Waals surface area contributed by atoms with Crippen molar-refractivity contribution in [3.05, 3.63) is 32.1 Å². The van der Waals surface area contributed by atoms with Crippen LogP contribution in [0.1, 0.15) is 24.6 Å². The topological polar surface area (TPSA) is 91.7 Å². The molecule has 4 N–H and O–H groups in total. The summed E-state index contributed by atoms with van der Waals surface area (Å²) in [5, 5.41) is 0. The second kappa shape index (κ2) is 4.23. The molecule has 0 aromatic carbocycles. The van der Waals surface area contributed by atoms with Gasteiger partial charge < -0.3 is 10.7 Å². The fraction of sp³-hybridized carbons (Fsp3) is 0.556. The van der Waals surface area contributed by atoms with Crippen LogP contribution < -0.4 is 17.0 Å². The first kappa shape index (κ1) is 10.7. The number of aryl methyl sites for hydroxylation is 1. The molecule has 1 atom stereocenters. The molecular weight excluding hydrogens is 182 g/mol. The van der Waals surface area contributed by atoms with Gasteiger partial charge in [-0.15, -0.1) is 0 Å². The first-order valence-electron chi connectivity index (χ1n) is 4.58. The fourth-order valence-corrected chi connectivity index (χ4v) is 1.30. The Balaban J connectivity index is 2.98. The van der Waals surface area contributed by atoms with Crippen molar-refractivity contribution in [2.45, 2.75) is 32.7 Å². The molecule has 0 aliphatic heterocycles. The van der Waals surface area contributed by atoms with E-state index in [1.807, 2.05) is 6.92 Å². The van der Waals surface area contributed by atoms with Crippen molar-refractivity contribution in [1.82, 2.24) is 9.97 Å². The summed E-state index contributed by atoms with van der Waals surface area (Å²) in [5.74, 6) is 0. The van der Waals surface area contributed by atoms with Gasteiger partial charge in [-0.05, 0) is 26.7 Å². The number of rotatable bonds is 3. The van der Waals surface area contributed by atoms with Crippen molar-refractivity contribution >= 4 is 0 Å². The fourth-order valence-electron chi connectivity index (χ4n) is 1.30. The second-order valence-electron chi connectivity index (χ2n) is 3.53. The highest BCUT2D eigenvalue weighted by atomic mass is 16.2. The van der Waals surface area contributed by atoms with Gasteiger partial charge in [0.2, 0.25) is 0 Å². The molecule has 0 aliphatic carbocycles. The highest BCUT2D eigenvalue weighted by Gasteiger charge is 2.06. The van der Waals surface area contributed by atoms with Crippen LogP contribution in [-0.2, 0) is 6.42 Å². The summed E-state index contributed by atoms with van der Waals surface area (Å²) in [6.45, 7) is 3.60. The molecule has 0 saturated carbocycles. The molecule has 1 aromatic rings. The van der Waals surface area contributed by atoms with Crippen molar-refractivity contribution in [3.63, 3.8) is 0 Å². The highest BCUT2D eigenvalue weighted by molar-refractivity contribution is 5.14. The van der Waals surface area contributed by atoms with E-state index in [0.717, 1.165) is 6.42 Å². The van der Waals surface area contributed by atoms with Crippen molar-refractivity contribution in [1.29, 1.82) is 0 Å². The molecule has 14 heavy (non-hydrogen) atoms. The average molecular weight is 197 g/mol. The molecule has 1 rings (SSSR count). The summed E-state index contributed by atoms with van der Waals surface area (Å²) in [4.78, 5) is 27.0. The van der Waals surface area contributed by atoms with Gasteiger partial charge in [-0.25, -0.2) is 4.79 Å². The Hall–Kier alpha value is -1.36. The van der Waals surface area contributed by atoms with Crippen LogP contribution in [0.15, 0.2) is 9.59 Å². The third-order valence-electron chi connectivity index (χ3n) is 2.10. The molecule has 0 radical (unpaired) electrons. The van der Waals surface area contributed by atoms with Crippen LogP contribution >= 0.6 is 0 Å². The lowest BCUT2D eigenvalue weighted by Crippen LogP contribution is -2.28. The Labute approximate surface area is 81.4 Å². The van der Waals surface area contributed by atoms with Crippen LogP contribution in [0.25, 0.3) is 0 Å². The largest absolute Gasteiger partial charge is 0.328 e. The Kier molecular flexibility index (Phi) is 3.24. The number of hydrogen-bond donors (Lipinski definition) is 3. The number of H-pyrrole nitrogens is 2. The standard InChI is InChI=1S/C9H15N3O2/c1-5(10)3-4-7-6(2)11-9(14)12-8(7)13/h5H,3-4,10H2,1-2H3,(H2,11,12,13,14). The number of aromatic nitrogens is 2. The summed E-state index contributed by atoms with van der Waals surface area (Å²) in [6, 6.07) is 0.0562. The minimum absolute atomic E-state index is 0.0562. The molecule has 0 saturated heterocycles. The summed E-state index contributed by atoms with van der Waals surface area (Å²) < 4.78 is 0. The van der Waals surface area contributed by atoms with Gasteiger partial charge in [0, 0.05) is 17.3 Å². The maximum absolute atomic E-state index is 11.4. The van der Waals surface area contributed by atoms with Crippen LogP contribution in [0.3, 0.4) is 0 Å². The summed E-state index contributed by atoms with van der Waals surface area (Å²) in [5.41, 5.74) is 6.05. The van der Waals surface area contributed by atoms with Crippen molar-refractivity contribution in [2.75, 3.05) is 0 Å². The van der Waals surface area contributed by atoms with E-state index in [9.17, 15) is 9.59 Å². The molecule has 78 valence electrons. The smallest absolute Gasteiger partial charge is 0.325 e. The monoisotopic (exact) mass is 197 g/mol. The lowest BCUT2D eigenvalue weighted by molar-refractivity contribution is 0.657. The van der Waals surface area contributed by atoms with Crippen LogP contribution in [0.5, 0.6) is 0 Å².